The number of carboxylic acids is 1. The highest BCUT2D eigenvalue weighted by Crippen LogP contribution is 2.30. The molecule has 20 heavy (non-hydrogen) atoms. The van der Waals surface area contributed by atoms with Crippen LogP contribution in [0.25, 0.3) is 17.1 Å². The molecule has 1 aromatic heterocycles. The van der Waals surface area contributed by atoms with Crippen molar-refractivity contribution in [3.63, 3.8) is 0 Å². The Kier molecular flexibility index (Phi) is 3.66. The monoisotopic (exact) mass is 272 g/mol. The Balaban J connectivity index is 2.70. The molecule has 0 saturated carbocycles. The number of hydrogen-bond acceptors (Lipinski definition) is 2. The lowest BCUT2D eigenvalue weighted by Crippen LogP contribution is -2.11. The number of aryl methyl sites for hydroxylation is 1. The molecule has 4 nitrogen and oxygen atoms in total. The fourth-order valence-corrected chi connectivity index (χ4v) is 2.38. The number of aliphatic carboxylic acids is 1. The van der Waals surface area contributed by atoms with Gasteiger partial charge in [0.2, 0.25) is 0 Å². The summed E-state index contributed by atoms with van der Waals surface area (Å²) in [6.45, 7) is 9.24. The van der Waals surface area contributed by atoms with E-state index in [1.54, 1.807) is 6.08 Å². The molecule has 0 aliphatic rings. The van der Waals surface area contributed by atoms with Gasteiger partial charge in [-0.3, -0.25) is 0 Å². The standard InChI is InChI=1S/C16H20N2O2/c1-5-18-12-8-6-7-11(16(2,3)4)15(12)17-13(18)9-10-14(19)20/h6-10H,5H2,1-4H3,(H,19,20)/b10-9+. The number of rotatable bonds is 3. The van der Waals surface area contributed by atoms with E-state index < -0.39 is 5.97 Å². The molecule has 2 aromatic rings. The molecule has 4 heteroatoms. The van der Waals surface area contributed by atoms with E-state index in [-0.39, 0.29) is 5.41 Å². The van der Waals surface area contributed by atoms with Crippen LogP contribution < -0.4 is 0 Å². The normalized spacial score (nSPS) is 12.4. The first kappa shape index (κ1) is 14.3. The number of para-hydroxylation sites is 1. The highest BCUT2D eigenvalue weighted by molar-refractivity contribution is 5.87. The van der Waals surface area contributed by atoms with Crippen LogP contribution in [-0.2, 0) is 16.8 Å². The van der Waals surface area contributed by atoms with Gasteiger partial charge in [0.05, 0.1) is 11.0 Å². The summed E-state index contributed by atoms with van der Waals surface area (Å²) in [5, 5.41) is 8.77. The summed E-state index contributed by atoms with van der Waals surface area (Å²) in [6, 6.07) is 6.14. The molecule has 0 spiro atoms. The van der Waals surface area contributed by atoms with Crippen LogP contribution in [-0.4, -0.2) is 20.6 Å². The second-order valence-corrected chi connectivity index (χ2v) is 5.81. The maximum atomic E-state index is 10.7. The van der Waals surface area contributed by atoms with Crippen molar-refractivity contribution in [1.29, 1.82) is 0 Å². The second-order valence-electron chi connectivity index (χ2n) is 5.81. The molecule has 1 N–H and O–H groups in total. The minimum Gasteiger partial charge on any atom is -0.478 e. The molecule has 0 atom stereocenters. The van der Waals surface area contributed by atoms with Crippen LogP contribution in [0.4, 0.5) is 0 Å². The van der Waals surface area contributed by atoms with Crippen molar-refractivity contribution >= 4 is 23.1 Å². The molecule has 0 amide bonds. The van der Waals surface area contributed by atoms with Crippen LogP contribution in [0, 0.1) is 0 Å². The molecule has 0 aliphatic heterocycles. The molecule has 106 valence electrons. The van der Waals surface area contributed by atoms with Gasteiger partial charge < -0.3 is 9.67 Å². The number of aromatic nitrogens is 2. The smallest absolute Gasteiger partial charge is 0.328 e. The maximum absolute atomic E-state index is 10.7. The largest absolute Gasteiger partial charge is 0.478 e. The van der Waals surface area contributed by atoms with E-state index in [0.717, 1.165) is 23.7 Å². The van der Waals surface area contributed by atoms with E-state index in [0.29, 0.717) is 5.82 Å². The van der Waals surface area contributed by atoms with Crippen LogP contribution in [0.3, 0.4) is 0 Å². The highest BCUT2D eigenvalue weighted by Gasteiger charge is 2.20. The van der Waals surface area contributed by atoms with Crippen molar-refractivity contribution in [1.82, 2.24) is 9.55 Å². The van der Waals surface area contributed by atoms with E-state index >= 15 is 0 Å². The second kappa shape index (κ2) is 5.12. The quantitative estimate of drug-likeness (QED) is 0.871. The van der Waals surface area contributed by atoms with E-state index in [1.165, 1.54) is 5.56 Å². The summed E-state index contributed by atoms with van der Waals surface area (Å²) in [5.41, 5.74) is 3.17. The fourth-order valence-electron chi connectivity index (χ4n) is 2.38. The van der Waals surface area contributed by atoms with Gasteiger partial charge >= 0.3 is 5.97 Å². The SMILES string of the molecule is CCn1c(/C=C/C(=O)O)nc2c(C(C)(C)C)cccc21. The Bertz CT molecular complexity index is 676. The zero-order chi connectivity index (χ0) is 14.9. The molecule has 0 radical (unpaired) electrons. The Morgan fingerprint density at radius 1 is 1.40 bits per heavy atom. The van der Waals surface area contributed by atoms with Crippen molar-refractivity contribution in [2.75, 3.05) is 0 Å². The van der Waals surface area contributed by atoms with E-state index in [9.17, 15) is 4.79 Å². The summed E-state index contributed by atoms with van der Waals surface area (Å²) in [5.74, 6) is -0.280. The van der Waals surface area contributed by atoms with Gasteiger partial charge in [-0.2, -0.15) is 0 Å². The maximum Gasteiger partial charge on any atom is 0.328 e. The fraction of sp³-hybridized carbons (Fsp3) is 0.375. The van der Waals surface area contributed by atoms with Crippen molar-refractivity contribution in [3.05, 3.63) is 35.7 Å². The summed E-state index contributed by atoms with van der Waals surface area (Å²) >= 11 is 0. The van der Waals surface area contributed by atoms with E-state index in [1.807, 2.05) is 23.6 Å². The highest BCUT2D eigenvalue weighted by atomic mass is 16.4. The van der Waals surface area contributed by atoms with Gasteiger partial charge in [0.25, 0.3) is 0 Å². The summed E-state index contributed by atoms with van der Waals surface area (Å²) in [4.78, 5) is 15.3. The van der Waals surface area contributed by atoms with Crippen LogP contribution in [0.2, 0.25) is 0 Å². The van der Waals surface area contributed by atoms with Crippen LogP contribution in [0.1, 0.15) is 39.1 Å². The Hall–Kier alpha value is -2.10. The Labute approximate surface area is 118 Å². The predicted molar refractivity (Wildman–Crippen MR) is 80.8 cm³/mol. The lowest BCUT2D eigenvalue weighted by molar-refractivity contribution is -0.131. The summed E-state index contributed by atoms with van der Waals surface area (Å²) < 4.78 is 2.03. The summed E-state index contributed by atoms with van der Waals surface area (Å²) in [7, 11) is 0. The Morgan fingerprint density at radius 3 is 2.65 bits per heavy atom. The Morgan fingerprint density at radius 2 is 2.10 bits per heavy atom. The van der Waals surface area contributed by atoms with Gasteiger partial charge in [-0.1, -0.05) is 32.9 Å². The molecular formula is C16H20N2O2. The van der Waals surface area contributed by atoms with Gasteiger partial charge in [-0.15, -0.1) is 0 Å². The topological polar surface area (TPSA) is 55.1 Å². The van der Waals surface area contributed by atoms with E-state index in [2.05, 4.69) is 31.8 Å². The molecule has 0 fully saturated rings. The number of nitrogens with zero attached hydrogens (tertiary/aromatic N) is 2. The summed E-state index contributed by atoms with van der Waals surface area (Å²) in [6.07, 6.45) is 2.68. The third-order valence-corrected chi connectivity index (χ3v) is 3.31. The minimum absolute atomic E-state index is 0.000215. The third kappa shape index (κ3) is 2.59. The number of benzene rings is 1. The minimum atomic E-state index is -0.962. The first-order valence-electron chi connectivity index (χ1n) is 6.75. The lowest BCUT2D eigenvalue weighted by atomic mass is 9.86. The number of carbonyl (C=O) groups is 1. The predicted octanol–water partition coefficient (Wildman–Crippen LogP) is 3.45. The molecule has 1 heterocycles. The zero-order valence-corrected chi connectivity index (χ0v) is 12.3. The first-order valence-corrected chi connectivity index (χ1v) is 6.75. The molecular weight excluding hydrogens is 252 g/mol. The van der Waals surface area contributed by atoms with Crippen LogP contribution >= 0.6 is 0 Å². The third-order valence-electron chi connectivity index (χ3n) is 3.31. The van der Waals surface area contributed by atoms with Crippen LogP contribution in [0.5, 0.6) is 0 Å². The average molecular weight is 272 g/mol. The van der Waals surface area contributed by atoms with Gasteiger partial charge in [0.1, 0.15) is 5.82 Å². The number of imidazole rings is 1. The van der Waals surface area contributed by atoms with Crippen molar-refractivity contribution in [3.8, 4) is 0 Å². The average Bonchev–Trinajstić information content (AvgIpc) is 2.72. The molecule has 2 rings (SSSR count). The van der Waals surface area contributed by atoms with Gasteiger partial charge in [0.15, 0.2) is 0 Å². The zero-order valence-electron chi connectivity index (χ0n) is 12.3. The van der Waals surface area contributed by atoms with Crippen molar-refractivity contribution in [2.45, 2.75) is 39.7 Å². The van der Waals surface area contributed by atoms with Crippen molar-refractivity contribution in [2.24, 2.45) is 0 Å². The molecule has 0 aliphatic carbocycles. The molecule has 0 bridgehead atoms. The number of hydrogen-bond donors (Lipinski definition) is 1. The van der Waals surface area contributed by atoms with E-state index in [4.69, 9.17) is 5.11 Å². The van der Waals surface area contributed by atoms with Gasteiger partial charge in [-0.25, -0.2) is 9.78 Å². The number of fused-ring (bicyclic) bond motifs is 1. The first-order chi connectivity index (χ1) is 9.34. The lowest BCUT2D eigenvalue weighted by Gasteiger charge is -2.19. The molecule has 1 aromatic carbocycles. The van der Waals surface area contributed by atoms with Gasteiger partial charge in [0, 0.05) is 12.6 Å². The van der Waals surface area contributed by atoms with Crippen molar-refractivity contribution < 1.29 is 9.90 Å². The van der Waals surface area contributed by atoms with Gasteiger partial charge in [-0.05, 0) is 30.0 Å². The molecule has 0 saturated heterocycles. The number of carboxylic acid groups (broad SMARTS) is 1. The molecule has 0 unspecified atom stereocenters. The van der Waals surface area contributed by atoms with Crippen LogP contribution in [0.15, 0.2) is 24.3 Å².